The Kier molecular flexibility index (Phi) is 2.55. The smallest absolute Gasteiger partial charge is 0.0176 e. The van der Waals surface area contributed by atoms with Gasteiger partial charge < -0.3 is 0 Å². The summed E-state index contributed by atoms with van der Waals surface area (Å²) in [6.07, 6.45) is 15.3. The first-order valence-corrected chi connectivity index (χ1v) is 6.79. The SMILES string of the molecule is C1CC(C[C](C2CCC2)C2CCC2)C1. The fourth-order valence-corrected chi connectivity index (χ4v) is 3.26. The minimum absolute atomic E-state index is 1.08. The molecule has 0 heteroatoms. The van der Waals surface area contributed by atoms with Gasteiger partial charge in [-0.25, -0.2) is 0 Å². The van der Waals surface area contributed by atoms with Crippen molar-refractivity contribution in [2.45, 2.75) is 64.2 Å². The summed E-state index contributed by atoms with van der Waals surface area (Å²) in [7, 11) is 0. The van der Waals surface area contributed by atoms with Crippen molar-refractivity contribution in [1.82, 2.24) is 0 Å². The Balaban J connectivity index is 1.55. The zero-order valence-corrected chi connectivity index (χ0v) is 9.30. The standard InChI is InChI=1S/C14H23/c1-4-11(5-1)10-14(12-6-2-7-12)13-8-3-9-13/h11-13H,1-10H2. The normalized spacial score (nSPS) is 29.8. The van der Waals surface area contributed by atoms with Crippen molar-refractivity contribution < 1.29 is 0 Å². The zero-order chi connectivity index (χ0) is 9.38. The molecule has 0 bridgehead atoms. The lowest BCUT2D eigenvalue weighted by Crippen LogP contribution is -2.33. The summed E-state index contributed by atoms with van der Waals surface area (Å²) in [5.41, 5.74) is 0. The van der Waals surface area contributed by atoms with Crippen LogP contribution in [-0.4, -0.2) is 0 Å². The van der Waals surface area contributed by atoms with Gasteiger partial charge in [0.25, 0.3) is 0 Å². The lowest BCUT2D eigenvalue weighted by atomic mass is 9.60. The summed E-state index contributed by atoms with van der Waals surface area (Å²) in [5.74, 6) is 5.32. The molecule has 0 aromatic carbocycles. The van der Waals surface area contributed by atoms with Crippen molar-refractivity contribution in [2.75, 3.05) is 0 Å². The van der Waals surface area contributed by atoms with Crippen LogP contribution in [0.4, 0.5) is 0 Å². The van der Waals surface area contributed by atoms with E-state index in [2.05, 4.69) is 0 Å². The fraction of sp³-hybridized carbons (Fsp3) is 0.929. The maximum atomic E-state index is 2.03. The van der Waals surface area contributed by atoms with E-state index in [1.54, 1.807) is 38.5 Å². The van der Waals surface area contributed by atoms with Crippen LogP contribution >= 0.6 is 0 Å². The average Bonchev–Trinajstić information content (AvgIpc) is 1.88. The van der Waals surface area contributed by atoms with Gasteiger partial charge in [-0.3, -0.25) is 0 Å². The van der Waals surface area contributed by atoms with Crippen molar-refractivity contribution in [1.29, 1.82) is 0 Å². The van der Waals surface area contributed by atoms with Gasteiger partial charge in [0, 0.05) is 0 Å². The molecule has 0 aromatic heterocycles. The first kappa shape index (κ1) is 9.24. The summed E-state index contributed by atoms with van der Waals surface area (Å²) in [5, 5.41) is 0. The van der Waals surface area contributed by atoms with E-state index in [0.29, 0.717) is 0 Å². The Morgan fingerprint density at radius 1 is 0.714 bits per heavy atom. The van der Waals surface area contributed by atoms with Crippen molar-refractivity contribution >= 4 is 0 Å². The van der Waals surface area contributed by atoms with E-state index in [-0.39, 0.29) is 0 Å². The summed E-state index contributed by atoms with van der Waals surface area (Å²) in [6, 6.07) is 0. The molecule has 0 atom stereocenters. The highest BCUT2D eigenvalue weighted by Crippen LogP contribution is 2.50. The van der Waals surface area contributed by atoms with E-state index in [9.17, 15) is 0 Å². The lowest BCUT2D eigenvalue weighted by Gasteiger charge is -2.45. The van der Waals surface area contributed by atoms with Gasteiger partial charge in [-0.15, -0.1) is 0 Å². The molecule has 0 heterocycles. The maximum Gasteiger partial charge on any atom is -0.0176 e. The molecule has 0 unspecified atom stereocenters. The molecule has 0 spiro atoms. The Hall–Kier alpha value is 0. The van der Waals surface area contributed by atoms with Gasteiger partial charge in [0.15, 0.2) is 0 Å². The molecule has 1 radical (unpaired) electrons. The first-order valence-electron chi connectivity index (χ1n) is 6.79. The van der Waals surface area contributed by atoms with Crippen molar-refractivity contribution in [3.05, 3.63) is 5.92 Å². The van der Waals surface area contributed by atoms with Crippen LogP contribution in [0.25, 0.3) is 0 Å². The highest BCUT2D eigenvalue weighted by atomic mass is 14.4. The Labute approximate surface area is 88.5 Å². The molecule has 0 N–H and O–H groups in total. The fourth-order valence-electron chi connectivity index (χ4n) is 3.26. The third-order valence-corrected chi connectivity index (χ3v) is 5.01. The van der Waals surface area contributed by atoms with Crippen LogP contribution in [0.1, 0.15) is 64.2 Å². The molecule has 14 heavy (non-hydrogen) atoms. The molecule has 3 fully saturated rings. The van der Waals surface area contributed by atoms with E-state index >= 15 is 0 Å². The molecular formula is C14H23. The van der Waals surface area contributed by atoms with Gasteiger partial charge in [-0.05, 0) is 55.8 Å². The highest BCUT2D eigenvalue weighted by molar-refractivity contribution is 5.08. The lowest BCUT2D eigenvalue weighted by molar-refractivity contribution is 0.178. The third-order valence-electron chi connectivity index (χ3n) is 5.01. The van der Waals surface area contributed by atoms with Gasteiger partial charge in [0.05, 0.1) is 0 Å². The second-order valence-electron chi connectivity index (χ2n) is 5.83. The Morgan fingerprint density at radius 2 is 1.21 bits per heavy atom. The summed E-state index contributed by atoms with van der Waals surface area (Å²) >= 11 is 0. The predicted octanol–water partition coefficient (Wildman–Crippen LogP) is 4.35. The molecule has 3 aliphatic carbocycles. The van der Waals surface area contributed by atoms with E-state index in [4.69, 9.17) is 0 Å². The second-order valence-corrected chi connectivity index (χ2v) is 5.83. The van der Waals surface area contributed by atoms with E-state index < -0.39 is 0 Å². The first-order chi connectivity index (χ1) is 6.93. The molecule has 0 saturated heterocycles. The molecule has 79 valence electrons. The van der Waals surface area contributed by atoms with Gasteiger partial charge in [-0.1, -0.05) is 32.1 Å². The van der Waals surface area contributed by atoms with Crippen molar-refractivity contribution in [2.24, 2.45) is 17.8 Å². The van der Waals surface area contributed by atoms with Gasteiger partial charge >= 0.3 is 0 Å². The monoisotopic (exact) mass is 191 g/mol. The number of hydrogen-bond acceptors (Lipinski definition) is 0. The van der Waals surface area contributed by atoms with Crippen molar-refractivity contribution in [3.63, 3.8) is 0 Å². The summed E-state index contributed by atoms with van der Waals surface area (Å²) in [4.78, 5) is 0. The second kappa shape index (κ2) is 3.87. The molecule has 0 aromatic rings. The molecule has 3 saturated carbocycles. The topological polar surface area (TPSA) is 0 Å². The molecule has 3 aliphatic rings. The molecule has 3 rings (SSSR count). The minimum atomic E-state index is 1.08. The Morgan fingerprint density at radius 3 is 1.50 bits per heavy atom. The largest absolute Gasteiger partial charge is 0.0528 e. The summed E-state index contributed by atoms with van der Waals surface area (Å²) < 4.78 is 0. The quantitative estimate of drug-likeness (QED) is 0.619. The molecular weight excluding hydrogens is 168 g/mol. The highest BCUT2D eigenvalue weighted by Gasteiger charge is 2.38. The maximum absolute atomic E-state index is 2.03. The Bertz CT molecular complexity index is 170. The minimum Gasteiger partial charge on any atom is -0.0528 e. The molecule has 0 aliphatic heterocycles. The van der Waals surface area contributed by atoms with Crippen LogP contribution in [0.3, 0.4) is 0 Å². The van der Waals surface area contributed by atoms with Crippen molar-refractivity contribution in [3.8, 4) is 0 Å². The van der Waals surface area contributed by atoms with Gasteiger partial charge in [0.2, 0.25) is 0 Å². The van der Waals surface area contributed by atoms with Crippen LogP contribution in [-0.2, 0) is 0 Å². The van der Waals surface area contributed by atoms with E-state index in [0.717, 1.165) is 17.8 Å². The number of rotatable bonds is 4. The number of hydrogen-bond donors (Lipinski definition) is 0. The van der Waals surface area contributed by atoms with Crippen LogP contribution < -0.4 is 0 Å². The van der Waals surface area contributed by atoms with Crippen LogP contribution in [0.5, 0.6) is 0 Å². The van der Waals surface area contributed by atoms with Crippen LogP contribution in [0, 0.1) is 23.7 Å². The van der Waals surface area contributed by atoms with Gasteiger partial charge in [-0.2, -0.15) is 0 Å². The third kappa shape index (κ3) is 1.61. The predicted molar refractivity (Wildman–Crippen MR) is 59.9 cm³/mol. The van der Waals surface area contributed by atoms with Crippen LogP contribution in [0.2, 0.25) is 0 Å². The van der Waals surface area contributed by atoms with E-state index in [1.165, 1.54) is 25.7 Å². The zero-order valence-electron chi connectivity index (χ0n) is 9.30. The summed E-state index contributed by atoms with van der Waals surface area (Å²) in [6.45, 7) is 0. The average molecular weight is 191 g/mol. The molecule has 0 amide bonds. The molecule has 0 nitrogen and oxygen atoms in total. The van der Waals surface area contributed by atoms with Gasteiger partial charge in [0.1, 0.15) is 0 Å². The van der Waals surface area contributed by atoms with E-state index in [1.807, 2.05) is 5.92 Å². The van der Waals surface area contributed by atoms with Crippen LogP contribution in [0.15, 0.2) is 0 Å².